The monoisotopic (exact) mass is 177 g/mol. The Morgan fingerprint density at radius 2 is 1.92 bits per heavy atom. The largest absolute Gasteiger partial charge is 0.387 e. The van der Waals surface area contributed by atoms with Gasteiger partial charge in [-0.05, 0) is 11.1 Å². The standard InChI is InChI=1S/C11H15NO/c1-11(2)8-6-4-3-5-7(8)9(13)10(11)12/h3-6,9-10,13H,12H2,1-2H3/t9-,10-/m0/s1. The molecule has 0 radical (unpaired) electrons. The molecule has 13 heavy (non-hydrogen) atoms. The number of aliphatic hydroxyl groups excluding tert-OH is 1. The second-order valence-electron chi connectivity index (χ2n) is 4.28. The SMILES string of the molecule is CC1(C)c2ccccc2[C@H](O)[C@@H]1N. The quantitative estimate of drug-likeness (QED) is 0.628. The highest BCUT2D eigenvalue weighted by molar-refractivity contribution is 5.43. The van der Waals surface area contributed by atoms with E-state index in [2.05, 4.69) is 13.8 Å². The average Bonchev–Trinajstić information content (AvgIpc) is 2.30. The van der Waals surface area contributed by atoms with Crippen molar-refractivity contribution in [2.75, 3.05) is 0 Å². The van der Waals surface area contributed by atoms with Gasteiger partial charge in [-0.3, -0.25) is 0 Å². The van der Waals surface area contributed by atoms with Gasteiger partial charge in [-0.1, -0.05) is 38.1 Å². The summed E-state index contributed by atoms with van der Waals surface area (Å²) >= 11 is 0. The van der Waals surface area contributed by atoms with E-state index in [-0.39, 0.29) is 11.5 Å². The summed E-state index contributed by atoms with van der Waals surface area (Å²) in [7, 11) is 0. The summed E-state index contributed by atoms with van der Waals surface area (Å²) in [6.07, 6.45) is -0.508. The Morgan fingerprint density at radius 3 is 2.54 bits per heavy atom. The second kappa shape index (κ2) is 2.56. The van der Waals surface area contributed by atoms with Crippen LogP contribution in [-0.2, 0) is 5.41 Å². The van der Waals surface area contributed by atoms with Crippen molar-refractivity contribution < 1.29 is 5.11 Å². The lowest BCUT2D eigenvalue weighted by molar-refractivity contribution is 0.136. The van der Waals surface area contributed by atoms with Gasteiger partial charge in [-0.15, -0.1) is 0 Å². The van der Waals surface area contributed by atoms with E-state index in [4.69, 9.17) is 5.73 Å². The van der Waals surface area contributed by atoms with Gasteiger partial charge in [0.25, 0.3) is 0 Å². The maximum atomic E-state index is 9.86. The summed E-state index contributed by atoms with van der Waals surface area (Å²) < 4.78 is 0. The van der Waals surface area contributed by atoms with Gasteiger partial charge in [0.1, 0.15) is 0 Å². The Bertz CT molecular complexity index is 333. The molecule has 2 nitrogen and oxygen atoms in total. The number of rotatable bonds is 0. The zero-order valence-corrected chi connectivity index (χ0v) is 7.99. The van der Waals surface area contributed by atoms with Crippen molar-refractivity contribution >= 4 is 0 Å². The van der Waals surface area contributed by atoms with Crippen LogP contribution in [-0.4, -0.2) is 11.1 Å². The third-order valence-electron chi connectivity index (χ3n) is 3.15. The van der Waals surface area contributed by atoms with Crippen LogP contribution in [0.5, 0.6) is 0 Å². The number of hydrogen-bond acceptors (Lipinski definition) is 2. The Hall–Kier alpha value is -0.860. The van der Waals surface area contributed by atoms with Crippen molar-refractivity contribution in [2.24, 2.45) is 5.73 Å². The van der Waals surface area contributed by atoms with Gasteiger partial charge in [0, 0.05) is 11.5 Å². The van der Waals surface area contributed by atoms with Crippen molar-refractivity contribution in [2.45, 2.75) is 31.4 Å². The second-order valence-corrected chi connectivity index (χ2v) is 4.28. The van der Waals surface area contributed by atoms with E-state index in [1.165, 1.54) is 5.56 Å². The van der Waals surface area contributed by atoms with Gasteiger partial charge in [-0.25, -0.2) is 0 Å². The highest BCUT2D eigenvalue weighted by Crippen LogP contribution is 2.43. The molecule has 1 aliphatic rings. The molecule has 0 saturated heterocycles. The first-order chi connectivity index (χ1) is 6.05. The molecule has 2 rings (SSSR count). The topological polar surface area (TPSA) is 46.2 Å². The zero-order chi connectivity index (χ0) is 9.64. The summed E-state index contributed by atoms with van der Waals surface area (Å²) in [6, 6.07) is 7.74. The molecular formula is C11H15NO. The summed E-state index contributed by atoms with van der Waals surface area (Å²) in [5.41, 5.74) is 8.00. The molecule has 1 aromatic rings. The van der Waals surface area contributed by atoms with Gasteiger partial charge >= 0.3 is 0 Å². The predicted molar refractivity (Wildman–Crippen MR) is 52.4 cm³/mol. The van der Waals surface area contributed by atoms with E-state index in [9.17, 15) is 5.11 Å². The number of nitrogens with two attached hydrogens (primary N) is 1. The first kappa shape index (κ1) is 8.73. The van der Waals surface area contributed by atoms with E-state index < -0.39 is 6.10 Å². The van der Waals surface area contributed by atoms with Crippen molar-refractivity contribution in [1.82, 2.24) is 0 Å². The van der Waals surface area contributed by atoms with Crippen LogP contribution < -0.4 is 5.73 Å². The highest BCUT2D eigenvalue weighted by Gasteiger charge is 2.42. The van der Waals surface area contributed by atoms with Crippen molar-refractivity contribution in [3.63, 3.8) is 0 Å². The molecule has 0 aliphatic heterocycles. The van der Waals surface area contributed by atoms with Crippen LogP contribution in [0.4, 0.5) is 0 Å². The van der Waals surface area contributed by atoms with Gasteiger partial charge in [0.05, 0.1) is 6.10 Å². The van der Waals surface area contributed by atoms with Gasteiger partial charge in [0.2, 0.25) is 0 Å². The van der Waals surface area contributed by atoms with Gasteiger partial charge in [0.15, 0.2) is 0 Å². The summed E-state index contributed by atoms with van der Waals surface area (Å²) in [5.74, 6) is 0. The van der Waals surface area contributed by atoms with E-state index >= 15 is 0 Å². The lowest BCUT2D eigenvalue weighted by Crippen LogP contribution is -2.39. The van der Waals surface area contributed by atoms with E-state index in [1.54, 1.807) is 0 Å². The number of fused-ring (bicyclic) bond motifs is 1. The Morgan fingerprint density at radius 1 is 1.31 bits per heavy atom. The van der Waals surface area contributed by atoms with Gasteiger partial charge in [-0.2, -0.15) is 0 Å². The molecule has 0 spiro atoms. The molecule has 2 atom stereocenters. The third-order valence-corrected chi connectivity index (χ3v) is 3.15. The number of hydrogen-bond donors (Lipinski definition) is 2. The lowest BCUT2D eigenvalue weighted by atomic mass is 9.83. The molecule has 2 heteroatoms. The first-order valence-corrected chi connectivity index (χ1v) is 4.58. The maximum absolute atomic E-state index is 9.86. The van der Waals surface area contributed by atoms with Crippen molar-refractivity contribution in [3.05, 3.63) is 35.4 Å². The maximum Gasteiger partial charge on any atom is 0.0952 e. The fraction of sp³-hybridized carbons (Fsp3) is 0.455. The van der Waals surface area contributed by atoms with Crippen molar-refractivity contribution in [3.8, 4) is 0 Å². The molecule has 0 amide bonds. The fourth-order valence-corrected chi connectivity index (χ4v) is 2.11. The number of aliphatic hydroxyl groups is 1. The number of benzene rings is 1. The van der Waals surface area contributed by atoms with Crippen LogP contribution >= 0.6 is 0 Å². The van der Waals surface area contributed by atoms with Crippen LogP contribution in [0.2, 0.25) is 0 Å². The van der Waals surface area contributed by atoms with Crippen molar-refractivity contribution in [1.29, 1.82) is 0 Å². The summed E-state index contributed by atoms with van der Waals surface area (Å²) in [4.78, 5) is 0. The third kappa shape index (κ3) is 1.02. The van der Waals surface area contributed by atoms with Crippen LogP contribution in [0.1, 0.15) is 31.1 Å². The van der Waals surface area contributed by atoms with Crippen LogP contribution in [0.15, 0.2) is 24.3 Å². The van der Waals surface area contributed by atoms with Crippen LogP contribution in [0.3, 0.4) is 0 Å². The molecule has 1 aromatic carbocycles. The summed E-state index contributed by atoms with van der Waals surface area (Å²) in [6.45, 7) is 4.15. The summed E-state index contributed by atoms with van der Waals surface area (Å²) in [5, 5.41) is 9.86. The lowest BCUT2D eigenvalue weighted by Gasteiger charge is -2.25. The minimum atomic E-state index is -0.508. The molecule has 3 N–H and O–H groups in total. The van der Waals surface area contributed by atoms with E-state index in [1.807, 2.05) is 24.3 Å². The average molecular weight is 177 g/mol. The first-order valence-electron chi connectivity index (χ1n) is 4.58. The van der Waals surface area contributed by atoms with Crippen LogP contribution in [0, 0.1) is 0 Å². The Balaban J connectivity index is 2.61. The Kier molecular flexibility index (Phi) is 1.72. The molecule has 0 aromatic heterocycles. The molecule has 0 bridgehead atoms. The minimum Gasteiger partial charge on any atom is -0.387 e. The van der Waals surface area contributed by atoms with E-state index in [0.717, 1.165) is 5.56 Å². The normalized spacial score (nSPS) is 30.2. The molecule has 70 valence electrons. The predicted octanol–water partition coefficient (Wildman–Crippen LogP) is 1.34. The molecule has 0 fully saturated rings. The smallest absolute Gasteiger partial charge is 0.0952 e. The molecule has 1 aliphatic carbocycles. The minimum absolute atomic E-state index is 0.115. The fourth-order valence-electron chi connectivity index (χ4n) is 2.11. The molecule has 0 unspecified atom stereocenters. The molecular weight excluding hydrogens is 162 g/mol. The van der Waals surface area contributed by atoms with Crippen LogP contribution in [0.25, 0.3) is 0 Å². The highest BCUT2D eigenvalue weighted by atomic mass is 16.3. The Labute approximate surface area is 78.4 Å². The molecule has 0 heterocycles. The zero-order valence-electron chi connectivity index (χ0n) is 7.99. The molecule has 0 saturated carbocycles. The van der Waals surface area contributed by atoms with E-state index in [0.29, 0.717) is 0 Å². The van der Waals surface area contributed by atoms with Gasteiger partial charge < -0.3 is 10.8 Å².